The molecule has 0 spiro atoms. The zero-order valence-electron chi connectivity index (χ0n) is 17.9. The van der Waals surface area contributed by atoms with Gasteiger partial charge in [0.15, 0.2) is 5.13 Å². The molecule has 2 aromatic rings. The zero-order chi connectivity index (χ0) is 21.2. The summed E-state index contributed by atoms with van der Waals surface area (Å²) in [5.41, 5.74) is 4.20. The number of anilines is 2. The summed E-state index contributed by atoms with van der Waals surface area (Å²) >= 11 is 1.46. The first-order valence-electron chi connectivity index (χ1n) is 11.6. The molecule has 5 rings (SSSR count). The fourth-order valence-electron chi connectivity index (χ4n) is 5.13. The lowest BCUT2D eigenvalue weighted by Crippen LogP contribution is -2.35. The number of aromatic nitrogens is 1. The van der Waals surface area contributed by atoms with Crippen molar-refractivity contribution in [1.82, 2.24) is 9.88 Å². The molecule has 1 saturated carbocycles. The highest BCUT2D eigenvalue weighted by atomic mass is 32.1. The van der Waals surface area contributed by atoms with Crippen LogP contribution in [0.3, 0.4) is 0 Å². The molecule has 7 heteroatoms. The first-order chi connectivity index (χ1) is 15.2. The maximum Gasteiger partial charge on any atom is 0.240 e. The molecule has 0 bridgehead atoms. The SMILES string of the molecule is O=C(CN1CCCC1)Nc1nc(-c2ccc3c(c2)CCN3C(=O)C2CCCCC2)cs1. The average molecular weight is 439 g/mol. The molecule has 0 atom stereocenters. The number of benzene rings is 1. The van der Waals surface area contributed by atoms with Crippen LogP contribution in [0.15, 0.2) is 23.6 Å². The Labute approximate surface area is 187 Å². The summed E-state index contributed by atoms with van der Waals surface area (Å²) < 4.78 is 0. The van der Waals surface area contributed by atoms with Gasteiger partial charge in [-0.05, 0) is 62.9 Å². The summed E-state index contributed by atoms with van der Waals surface area (Å²) in [5.74, 6) is 0.515. The smallest absolute Gasteiger partial charge is 0.240 e. The maximum absolute atomic E-state index is 13.0. The molecule has 31 heavy (non-hydrogen) atoms. The quantitative estimate of drug-likeness (QED) is 0.755. The van der Waals surface area contributed by atoms with Crippen molar-refractivity contribution in [3.63, 3.8) is 0 Å². The van der Waals surface area contributed by atoms with E-state index in [4.69, 9.17) is 0 Å². The van der Waals surface area contributed by atoms with Crippen LogP contribution in [0.5, 0.6) is 0 Å². The average Bonchev–Trinajstić information content (AvgIpc) is 3.54. The standard InChI is InChI=1S/C24H30N4O2S/c29-22(15-27-11-4-5-12-27)26-24-25-20(16-31-24)18-8-9-21-19(14-18)10-13-28(21)23(30)17-6-2-1-3-7-17/h8-9,14,16-17H,1-7,10-13,15H2,(H,25,26,29). The molecular formula is C24H30N4O2S. The lowest BCUT2D eigenvalue weighted by Gasteiger charge is -2.26. The summed E-state index contributed by atoms with van der Waals surface area (Å²) in [6, 6.07) is 6.29. The monoisotopic (exact) mass is 438 g/mol. The van der Waals surface area contributed by atoms with Crippen molar-refractivity contribution < 1.29 is 9.59 Å². The van der Waals surface area contributed by atoms with Crippen molar-refractivity contribution in [2.45, 2.75) is 51.4 Å². The Balaban J connectivity index is 1.25. The molecule has 2 amide bonds. The maximum atomic E-state index is 13.0. The van der Waals surface area contributed by atoms with Crippen LogP contribution >= 0.6 is 11.3 Å². The van der Waals surface area contributed by atoms with Crippen molar-refractivity contribution in [2.24, 2.45) is 5.92 Å². The second-order valence-electron chi connectivity index (χ2n) is 8.99. The molecule has 1 aromatic carbocycles. The van der Waals surface area contributed by atoms with Gasteiger partial charge in [0.05, 0.1) is 12.2 Å². The van der Waals surface area contributed by atoms with E-state index in [2.05, 4.69) is 33.4 Å². The third-order valence-electron chi connectivity index (χ3n) is 6.81. The second-order valence-corrected chi connectivity index (χ2v) is 9.85. The van der Waals surface area contributed by atoms with Crippen LogP contribution in [0.4, 0.5) is 10.8 Å². The Morgan fingerprint density at radius 2 is 1.87 bits per heavy atom. The van der Waals surface area contributed by atoms with Crippen LogP contribution in [0.1, 0.15) is 50.5 Å². The number of carbonyl (C=O) groups excluding carboxylic acids is 2. The molecule has 6 nitrogen and oxygen atoms in total. The van der Waals surface area contributed by atoms with Gasteiger partial charge in [-0.2, -0.15) is 0 Å². The molecular weight excluding hydrogens is 408 g/mol. The molecule has 3 aliphatic rings. The highest BCUT2D eigenvalue weighted by Crippen LogP contribution is 2.36. The van der Waals surface area contributed by atoms with E-state index in [-0.39, 0.29) is 11.8 Å². The van der Waals surface area contributed by atoms with E-state index in [1.165, 1.54) is 49.0 Å². The van der Waals surface area contributed by atoms with Gasteiger partial charge in [-0.3, -0.25) is 14.5 Å². The minimum Gasteiger partial charge on any atom is -0.312 e. The van der Waals surface area contributed by atoms with Gasteiger partial charge < -0.3 is 10.2 Å². The van der Waals surface area contributed by atoms with Crippen LogP contribution < -0.4 is 10.2 Å². The number of hydrogen-bond donors (Lipinski definition) is 1. The number of likely N-dealkylation sites (tertiary alicyclic amines) is 1. The van der Waals surface area contributed by atoms with Crippen LogP contribution in [0.25, 0.3) is 11.3 Å². The van der Waals surface area contributed by atoms with E-state index < -0.39 is 0 Å². The molecule has 2 aliphatic heterocycles. The Kier molecular flexibility index (Phi) is 6.05. The molecule has 164 valence electrons. The summed E-state index contributed by atoms with van der Waals surface area (Å²) in [6.07, 6.45) is 8.94. The van der Waals surface area contributed by atoms with Gasteiger partial charge in [0, 0.05) is 29.1 Å². The fraction of sp³-hybridized carbons (Fsp3) is 0.542. The molecule has 1 N–H and O–H groups in total. The summed E-state index contributed by atoms with van der Waals surface area (Å²) in [5, 5.41) is 5.58. The number of hydrogen-bond acceptors (Lipinski definition) is 5. The number of amides is 2. The minimum atomic E-state index is 0.00798. The first-order valence-corrected chi connectivity index (χ1v) is 12.5. The van der Waals surface area contributed by atoms with Crippen LogP contribution in [0.2, 0.25) is 0 Å². The summed E-state index contributed by atoms with van der Waals surface area (Å²) in [6.45, 7) is 3.24. The minimum absolute atomic E-state index is 0.00798. The van der Waals surface area contributed by atoms with Gasteiger partial charge in [-0.25, -0.2) is 4.98 Å². The van der Waals surface area contributed by atoms with E-state index in [1.807, 2.05) is 10.3 Å². The van der Waals surface area contributed by atoms with Gasteiger partial charge in [0.25, 0.3) is 0 Å². The number of fused-ring (bicyclic) bond motifs is 1. The number of nitrogens with one attached hydrogen (secondary N) is 1. The molecule has 1 aliphatic carbocycles. The van der Waals surface area contributed by atoms with Crippen molar-refractivity contribution in [2.75, 3.05) is 36.4 Å². The third-order valence-corrected chi connectivity index (χ3v) is 7.57. The molecule has 1 saturated heterocycles. The number of carbonyl (C=O) groups is 2. The van der Waals surface area contributed by atoms with Gasteiger partial charge in [0.1, 0.15) is 0 Å². The topological polar surface area (TPSA) is 65.5 Å². The van der Waals surface area contributed by atoms with Gasteiger partial charge in [-0.1, -0.05) is 25.3 Å². The van der Waals surface area contributed by atoms with E-state index >= 15 is 0 Å². The van der Waals surface area contributed by atoms with Crippen molar-refractivity contribution >= 4 is 34.0 Å². The number of thiazole rings is 1. The lowest BCUT2D eigenvalue weighted by atomic mass is 9.88. The normalized spacial score (nSPS) is 19.5. The van der Waals surface area contributed by atoms with Gasteiger partial charge in [-0.15, -0.1) is 11.3 Å². The molecule has 0 radical (unpaired) electrons. The largest absolute Gasteiger partial charge is 0.312 e. The summed E-state index contributed by atoms with van der Waals surface area (Å²) in [4.78, 5) is 34.1. The van der Waals surface area contributed by atoms with Crippen LogP contribution in [-0.4, -0.2) is 47.9 Å². The first kappa shape index (κ1) is 20.6. The Hall–Kier alpha value is -2.25. The Morgan fingerprint density at radius 1 is 1.06 bits per heavy atom. The molecule has 2 fully saturated rings. The predicted molar refractivity (Wildman–Crippen MR) is 124 cm³/mol. The van der Waals surface area contributed by atoms with Crippen molar-refractivity contribution in [3.05, 3.63) is 29.1 Å². The highest BCUT2D eigenvalue weighted by molar-refractivity contribution is 7.14. The van der Waals surface area contributed by atoms with Gasteiger partial charge in [0.2, 0.25) is 11.8 Å². The van der Waals surface area contributed by atoms with Crippen molar-refractivity contribution in [3.8, 4) is 11.3 Å². The Bertz CT molecular complexity index is 960. The second kappa shape index (κ2) is 9.09. The van der Waals surface area contributed by atoms with E-state index in [9.17, 15) is 9.59 Å². The van der Waals surface area contributed by atoms with Gasteiger partial charge >= 0.3 is 0 Å². The predicted octanol–water partition coefficient (Wildman–Crippen LogP) is 4.31. The molecule has 3 heterocycles. The van der Waals surface area contributed by atoms with E-state index in [0.717, 1.165) is 55.8 Å². The number of rotatable bonds is 5. The fourth-order valence-corrected chi connectivity index (χ4v) is 5.86. The summed E-state index contributed by atoms with van der Waals surface area (Å²) in [7, 11) is 0. The lowest BCUT2D eigenvalue weighted by molar-refractivity contribution is -0.123. The molecule has 1 aromatic heterocycles. The Morgan fingerprint density at radius 3 is 2.68 bits per heavy atom. The molecule has 0 unspecified atom stereocenters. The van der Waals surface area contributed by atoms with Crippen LogP contribution in [-0.2, 0) is 16.0 Å². The third kappa shape index (κ3) is 4.53. The van der Waals surface area contributed by atoms with Crippen molar-refractivity contribution in [1.29, 1.82) is 0 Å². The highest BCUT2D eigenvalue weighted by Gasteiger charge is 2.31. The van der Waals surface area contributed by atoms with Crippen LogP contribution in [0, 0.1) is 5.92 Å². The van der Waals surface area contributed by atoms with E-state index in [1.54, 1.807) is 0 Å². The number of nitrogens with zero attached hydrogens (tertiary/aromatic N) is 3. The van der Waals surface area contributed by atoms with E-state index in [0.29, 0.717) is 17.6 Å². The zero-order valence-corrected chi connectivity index (χ0v) is 18.8.